The number of Topliss-reactive ketones (excluding diaryl/α,β-unsaturated/α-hetero) is 1. The van der Waals surface area contributed by atoms with Crippen molar-refractivity contribution in [3.63, 3.8) is 0 Å². The van der Waals surface area contributed by atoms with E-state index in [-0.39, 0.29) is 49.9 Å². The zero-order valence-electron chi connectivity index (χ0n) is 31.7. The van der Waals surface area contributed by atoms with E-state index in [1.54, 1.807) is 34.2 Å². The number of nitrogens with zero attached hydrogens (tertiary/aromatic N) is 4. The van der Waals surface area contributed by atoms with Gasteiger partial charge in [0.15, 0.2) is 5.78 Å². The Morgan fingerprint density at radius 2 is 1.27 bits per heavy atom. The summed E-state index contributed by atoms with van der Waals surface area (Å²) in [6.45, 7) is 6.32. The van der Waals surface area contributed by atoms with Crippen LogP contribution in [0.4, 0.5) is 5.69 Å². The molecule has 15 heteroatoms. The van der Waals surface area contributed by atoms with Gasteiger partial charge in [-0.3, -0.25) is 38.9 Å². The van der Waals surface area contributed by atoms with Crippen molar-refractivity contribution < 1.29 is 48.3 Å². The van der Waals surface area contributed by atoms with E-state index in [9.17, 15) is 29.4 Å². The Morgan fingerprint density at radius 3 is 1.82 bits per heavy atom. The van der Waals surface area contributed by atoms with Crippen molar-refractivity contribution in [3.05, 3.63) is 100 Å². The number of benzene rings is 2. The minimum atomic E-state index is -0.971. The Bertz CT molecular complexity index is 1980. The molecule has 56 heavy (non-hydrogen) atoms. The number of ketones is 1. The third kappa shape index (κ3) is 8.87. The van der Waals surface area contributed by atoms with Crippen LogP contribution in [0.1, 0.15) is 48.8 Å². The molecule has 2 aliphatic rings. The fourth-order valence-corrected chi connectivity index (χ4v) is 7.05. The number of aliphatic carboxylic acids is 2. The van der Waals surface area contributed by atoms with Gasteiger partial charge in [-0.1, -0.05) is 30.3 Å². The van der Waals surface area contributed by atoms with Crippen molar-refractivity contribution >= 4 is 29.3 Å². The first-order valence-electron chi connectivity index (χ1n) is 18.2. The SMILES string of the molecule is COc1cc(C(=O)Cc2cccc(-c3cccc(NC(=O)c4cc(OC)c(CN5CCOC[C@H]5C(=O)O)cn4)c3C)c2C)ncc1CN1CCOC[C@H]1C(=O)O. The maximum atomic E-state index is 13.6. The summed E-state index contributed by atoms with van der Waals surface area (Å²) in [5, 5.41) is 22.2. The van der Waals surface area contributed by atoms with Gasteiger partial charge in [-0.15, -0.1) is 0 Å². The molecule has 2 aromatic carbocycles. The molecule has 0 spiro atoms. The van der Waals surface area contributed by atoms with Gasteiger partial charge in [0, 0.05) is 73.9 Å². The lowest BCUT2D eigenvalue weighted by atomic mass is 9.91. The number of aromatic nitrogens is 2. The summed E-state index contributed by atoms with van der Waals surface area (Å²) in [5.41, 5.74) is 6.57. The van der Waals surface area contributed by atoms with Crippen LogP contribution in [0.2, 0.25) is 0 Å². The molecule has 0 saturated carbocycles. The molecule has 4 heterocycles. The lowest BCUT2D eigenvalue weighted by Crippen LogP contribution is -2.49. The largest absolute Gasteiger partial charge is 0.496 e. The highest BCUT2D eigenvalue weighted by Crippen LogP contribution is 2.33. The van der Waals surface area contributed by atoms with Crippen LogP contribution in [-0.4, -0.2) is 119 Å². The number of methoxy groups -OCH3 is 2. The summed E-state index contributed by atoms with van der Waals surface area (Å²) in [4.78, 5) is 63.0. The Hall–Kier alpha value is -5.74. The van der Waals surface area contributed by atoms with E-state index < -0.39 is 29.9 Å². The predicted octanol–water partition coefficient (Wildman–Crippen LogP) is 4.03. The number of carboxylic acid groups (broad SMARTS) is 2. The first kappa shape index (κ1) is 39.9. The van der Waals surface area contributed by atoms with Gasteiger partial charge in [-0.05, 0) is 47.7 Å². The molecule has 15 nitrogen and oxygen atoms in total. The fraction of sp³-hybridized carbons (Fsp3) is 0.366. The second-order valence-electron chi connectivity index (χ2n) is 13.7. The Balaban J connectivity index is 1.16. The fourth-order valence-electron chi connectivity index (χ4n) is 7.05. The summed E-state index contributed by atoms with van der Waals surface area (Å²) in [6.07, 6.45) is 3.18. The molecule has 0 unspecified atom stereocenters. The molecule has 0 bridgehead atoms. The van der Waals surface area contributed by atoms with Crippen molar-refractivity contribution in [1.82, 2.24) is 19.8 Å². The number of rotatable bonds is 14. The van der Waals surface area contributed by atoms with Crippen LogP contribution in [0.5, 0.6) is 11.5 Å². The number of carbonyl (C=O) groups excluding carboxylic acids is 2. The Kier molecular flexibility index (Phi) is 12.7. The molecular formula is C41H45N5O10. The maximum absolute atomic E-state index is 13.6. The first-order chi connectivity index (χ1) is 27.0. The monoisotopic (exact) mass is 767 g/mol. The zero-order chi connectivity index (χ0) is 39.9. The van der Waals surface area contributed by atoms with Crippen LogP contribution in [0, 0.1) is 13.8 Å². The van der Waals surface area contributed by atoms with Gasteiger partial charge in [0.1, 0.15) is 35.0 Å². The maximum Gasteiger partial charge on any atom is 0.323 e. The summed E-state index contributed by atoms with van der Waals surface area (Å²) in [7, 11) is 2.99. The number of amides is 1. The summed E-state index contributed by atoms with van der Waals surface area (Å²) in [5.74, 6) is -1.72. The highest BCUT2D eigenvalue weighted by Gasteiger charge is 2.31. The highest BCUT2D eigenvalue weighted by molar-refractivity contribution is 6.04. The van der Waals surface area contributed by atoms with Crippen LogP contribution in [0.25, 0.3) is 11.1 Å². The molecule has 2 atom stereocenters. The Morgan fingerprint density at radius 1 is 0.750 bits per heavy atom. The van der Waals surface area contributed by atoms with Gasteiger partial charge in [0.05, 0.1) is 40.6 Å². The zero-order valence-corrected chi connectivity index (χ0v) is 31.7. The summed E-state index contributed by atoms with van der Waals surface area (Å²) < 4.78 is 21.9. The van der Waals surface area contributed by atoms with E-state index in [2.05, 4.69) is 15.3 Å². The third-order valence-corrected chi connectivity index (χ3v) is 10.3. The van der Waals surface area contributed by atoms with Crippen molar-refractivity contribution in [1.29, 1.82) is 0 Å². The predicted molar refractivity (Wildman–Crippen MR) is 204 cm³/mol. The molecule has 3 N–H and O–H groups in total. The molecule has 1 amide bonds. The highest BCUT2D eigenvalue weighted by atomic mass is 16.5. The van der Waals surface area contributed by atoms with Crippen LogP contribution >= 0.6 is 0 Å². The molecule has 2 aliphatic heterocycles. The number of morpholine rings is 2. The van der Waals surface area contributed by atoms with E-state index in [1.165, 1.54) is 20.4 Å². The first-order valence-corrected chi connectivity index (χ1v) is 18.2. The lowest BCUT2D eigenvalue weighted by molar-refractivity contribution is -0.151. The molecule has 4 aromatic rings. The van der Waals surface area contributed by atoms with Gasteiger partial charge < -0.3 is 34.5 Å². The Labute approximate surface area is 324 Å². The third-order valence-electron chi connectivity index (χ3n) is 10.3. The number of carbonyl (C=O) groups is 4. The van der Waals surface area contributed by atoms with Crippen molar-refractivity contribution in [2.24, 2.45) is 0 Å². The second kappa shape index (κ2) is 17.8. The number of hydrogen-bond donors (Lipinski definition) is 3. The number of hydrogen-bond acceptors (Lipinski definition) is 12. The van der Waals surface area contributed by atoms with Crippen LogP contribution in [-0.2, 0) is 38.6 Å². The molecule has 294 valence electrons. The standard InChI is InChI=1S/C41H45N5O10/c1-24-26(15-36(47)32-16-37(53-3)27(18-42-32)20-45-11-13-55-22-34(45)40(49)50)7-5-8-29(24)30-9-6-10-31(25(30)2)44-39(48)33-17-38(54-4)28(19-43-33)21-46-12-14-56-23-35(46)41(51)52/h5-10,16-19,34-35H,11-15,20-23H2,1-4H3,(H,44,48)(H,49,50)(H,51,52)/t34-,35-/m0/s1. The second-order valence-corrected chi connectivity index (χ2v) is 13.7. The van der Waals surface area contributed by atoms with Crippen molar-refractivity contribution in [3.8, 4) is 22.6 Å². The number of carboxylic acids is 2. The van der Waals surface area contributed by atoms with Gasteiger partial charge in [-0.2, -0.15) is 0 Å². The minimum absolute atomic E-state index is 0.0845. The van der Waals surface area contributed by atoms with E-state index in [1.807, 2.05) is 44.2 Å². The van der Waals surface area contributed by atoms with E-state index in [0.717, 1.165) is 27.8 Å². The molecule has 2 aromatic heterocycles. The molecular weight excluding hydrogens is 722 g/mol. The van der Waals surface area contributed by atoms with Gasteiger partial charge in [0.2, 0.25) is 0 Å². The van der Waals surface area contributed by atoms with Crippen LogP contribution < -0.4 is 14.8 Å². The quantitative estimate of drug-likeness (QED) is 0.156. The smallest absolute Gasteiger partial charge is 0.323 e. The van der Waals surface area contributed by atoms with Crippen molar-refractivity contribution in [2.75, 3.05) is 59.1 Å². The molecule has 2 saturated heterocycles. The van der Waals surface area contributed by atoms with E-state index in [4.69, 9.17) is 18.9 Å². The summed E-state index contributed by atoms with van der Waals surface area (Å²) >= 11 is 0. The summed E-state index contributed by atoms with van der Waals surface area (Å²) in [6, 6.07) is 12.9. The van der Waals surface area contributed by atoms with E-state index >= 15 is 0 Å². The van der Waals surface area contributed by atoms with Gasteiger partial charge in [-0.25, -0.2) is 0 Å². The number of pyridine rings is 2. The van der Waals surface area contributed by atoms with Gasteiger partial charge >= 0.3 is 11.9 Å². The molecule has 6 rings (SSSR count). The van der Waals surface area contributed by atoms with Gasteiger partial charge in [0.25, 0.3) is 5.91 Å². The van der Waals surface area contributed by atoms with Crippen molar-refractivity contribution in [2.45, 2.75) is 45.4 Å². The average Bonchev–Trinajstić information content (AvgIpc) is 3.20. The molecule has 2 fully saturated rings. The number of ether oxygens (including phenoxy) is 4. The van der Waals surface area contributed by atoms with Crippen LogP contribution in [0.3, 0.4) is 0 Å². The minimum Gasteiger partial charge on any atom is -0.496 e. The normalized spacial score (nSPS) is 17.6. The van der Waals surface area contributed by atoms with Crippen LogP contribution in [0.15, 0.2) is 60.9 Å². The van der Waals surface area contributed by atoms with E-state index in [0.29, 0.717) is 54.6 Å². The topological polar surface area (TPSA) is 190 Å². The number of anilines is 1. The molecule has 0 aliphatic carbocycles. The number of nitrogens with one attached hydrogen (secondary N) is 1. The average molecular weight is 768 g/mol. The molecule has 0 radical (unpaired) electrons. The lowest BCUT2D eigenvalue weighted by Gasteiger charge is -2.32.